The third-order valence-electron chi connectivity index (χ3n) is 10.1. The third kappa shape index (κ3) is 50.4. The van der Waals surface area contributed by atoms with Gasteiger partial charge in [0, 0.05) is 19.3 Å². The Bertz CT molecular complexity index is 1450. The van der Waals surface area contributed by atoms with Crippen molar-refractivity contribution in [1.29, 1.82) is 0 Å². The summed E-state index contributed by atoms with van der Waals surface area (Å²) < 4.78 is 16.7. The standard InChI is InChI=1S/C59H92O6/c1-4-7-10-13-16-19-22-25-26-27-28-29-30-31-32-35-37-40-43-46-49-52-58(61)64-55-56(65-59(62)53-50-47-44-41-38-34-24-21-18-15-12-9-6-3)54-63-57(60)51-48-45-42-39-36-33-23-20-17-14-11-8-5-2/h7,9-12,14,16,18-21,23,25-26,28-29,31-32,34,38,44,47,56H,4-6,8,13,15,17,22,24,27,30,33,35-37,39-43,45-46,48-55H2,1-3H3/b10-7-,12-9-,14-11-,19-16-,21-18-,23-20-,26-25-,29-28-,32-31-,38-34-,47-44-. The highest BCUT2D eigenvalue weighted by Gasteiger charge is 2.19. The van der Waals surface area contributed by atoms with Crippen molar-refractivity contribution in [2.24, 2.45) is 0 Å². The van der Waals surface area contributed by atoms with Gasteiger partial charge in [-0.05, 0) is 116 Å². The number of rotatable bonds is 44. The first-order valence-electron chi connectivity index (χ1n) is 25.7. The maximum Gasteiger partial charge on any atom is 0.306 e. The van der Waals surface area contributed by atoms with Crippen LogP contribution in [0.15, 0.2) is 134 Å². The van der Waals surface area contributed by atoms with Crippen LogP contribution in [0.3, 0.4) is 0 Å². The fourth-order valence-electron chi connectivity index (χ4n) is 6.34. The second-order valence-electron chi connectivity index (χ2n) is 16.3. The minimum absolute atomic E-state index is 0.125. The van der Waals surface area contributed by atoms with Crippen molar-refractivity contribution in [3.05, 3.63) is 134 Å². The number of carbonyl (C=O) groups excluding carboxylic acids is 3. The van der Waals surface area contributed by atoms with Gasteiger partial charge in [0.1, 0.15) is 13.2 Å². The van der Waals surface area contributed by atoms with E-state index in [-0.39, 0.29) is 31.6 Å². The highest BCUT2D eigenvalue weighted by atomic mass is 16.6. The highest BCUT2D eigenvalue weighted by Crippen LogP contribution is 2.12. The first-order valence-corrected chi connectivity index (χ1v) is 25.7. The number of hydrogen-bond acceptors (Lipinski definition) is 6. The van der Waals surface area contributed by atoms with Crippen LogP contribution < -0.4 is 0 Å². The van der Waals surface area contributed by atoms with Gasteiger partial charge < -0.3 is 14.2 Å². The van der Waals surface area contributed by atoms with E-state index in [4.69, 9.17) is 14.2 Å². The van der Waals surface area contributed by atoms with Crippen molar-refractivity contribution in [2.45, 2.75) is 207 Å². The topological polar surface area (TPSA) is 78.9 Å². The SMILES string of the molecule is CC/C=C\C/C=C\C/C=C\C/C=C\C/C=C\CCCCCCCC(=O)OCC(COC(=O)CCCCCCC/C=C\C/C=C\CCC)OC(=O)CC/C=C\C/C=C\C/C=C\C/C=C\CC. The Morgan fingerprint density at radius 3 is 1.00 bits per heavy atom. The molecule has 6 heteroatoms. The van der Waals surface area contributed by atoms with Crippen molar-refractivity contribution in [3.63, 3.8) is 0 Å². The van der Waals surface area contributed by atoms with Crippen molar-refractivity contribution < 1.29 is 28.6 Å². The number of unbranched alkanes of at least 4 members (excludes halogenated alkanes) is 11. The minimum Gasteiger partial charge on any atom is -0.462 e. The summed E-state index contributed by atoms with van der Waals surface area (Å²) in [4.78, 5) is 37.9. The monoisotopic (exact) mass is 897 g/mol. The minimum atomic E-state index is -0.834. The highest BCUT2D eigenvalue weighted by molar-refractivity contribution is 5.71. The fraction of sp³-hybridized carbons (Fsp3) is 0.576. The van der Waals surface area contributed by atoms with Gasteiger partial charge in [-0.2, -0.15) is 0 Å². The zero-order valence-corrected chi connectivity index (χ0v) is 41.4. The lowest BCUT2D eigenvalue weighted by atomic mass is 10.1. The van der Waals surface area contributed by atoms with Crippen LogP contribution in [0.2, 0.25) is 0 Å². The third-order valence-corrected chi connectivity index (χ3v) is 10.1. The van der Waals surface area contributed by atoms with E-state index in [1.807, 2.05) is 12.2 Å². The summed E-state index contributed by atoms with van der Waals surface area (Å²) in [7, 11) is 0. The molecule has 0 aromatic carbocycles. The molecule has 0 amide bonds. The van der Waals surface area contributed by atoms with Crippen LogP contribution in [0.25, 0.3) is 0 Å². The molecule has 0 heterocycles. The molecule has 0 aliphatic rings. The smallest absolute Gasteiger partial charge is 0.306 e. The lowest BCUT2D eigenvalue weighted by Gasteiger charge is -2.18. The first-order chi connectivity index (χ1) is 32.0. The predicted molar refractivity (Wildman–Crippen MR) is 279 cm³/mol. The molecule has 0 bridgehead atoms. The summed E-state index contributed by atoms with van der Waals surface area (Å²) in [5, 5.41) is 0. The van der Waals surface area contributed by atoms with E-state index in [0.717, 1.165) is 148 Å². The Morgan fingerprint density at radius 1 is 0.323 bits per heavy atom. The van der Waals surface area contributed by atoms with E-state index < -0.39 is 12.1 Å². The van der Waals surface area contributed by atoms with E-state index in [9.17, 15) is 14.4 Å². The van der Waals surface area contributed by atoms with Crippen molar-refractivity contribution in [3.8, 4) is 0 Å². The molecule has 0 aliphatic heterocycles. The predicted octanol–water partition coefficient (Wildman–Crippen LogP) is 17.1. The molecule has 0 fully saturated rings. The number of carbonyl (C=O) groups is 3. The Kier molecular flexibility index (Phi) is 48.6. The van der Waals surface area contributed by atoms with E-state index in [1.54, 1.807) is 0 Å². The van der Waals surface area contributed by atoms with Gasteiger partial charge in [0.05, 0.1) is 0 Å². The zero-order valence-electron chi connectivity index (χ0n) is 41.4. The van der Waals surface area contributed by atoms with Crippen molar-refractivity contribution in [2.75, 3.05) is 13.2 Å². The van der Waals surface area contributed by atoms with E-state index in [2.05, 4.69) is 142 Å². The Labute approximate surface area is 398 Å². The quantitative estimate of drug-likeness (QED) is 0.0262. The molecule has 1 unspecified atom stereocenters. The average Bonchev–Trinajstić information content (AvgIpc) is 3.30. The summed E-state index contributed by atoms with van der Waals surface area (Å²) in [5.74, 6) is -1.05. The lowest BCUT2D eigenvalue weighted by Crippen LogP contribution is -2.30. The van der Waals surface area contributed by atoms with Crippen LogP contribution in [-0.2, 0) is 28.6 Å². The van der Waals surface area contributed by atoms with Gasteiger partial charge in [-0.1, -0.05) is 199 Å². The number of hydrogen-bond donors (Lipinski definition) is 0. The number of ether oxygens (including phenoxy) is 3. The first kappa shape index (κ1) is 60.5. The van der Waals surface area contributed by atoms with E-state index in [1.165, 1.54) is 6.42 Å². The van der Waals surface area contributed by atoms with Gasteiger partial charge in [-0.3, -0.25) is 14.4 Å². The summed E-state index contributed by atoms with van der Waals surface area (Å²) in [6.07, 6.45) is 73.1. The molecule has 0 saturated heterocycles. The van der Waals surface area contributed by atoms with Gasteiger partial charge in [0.2, 0.25) is 0 Å². The van der Waals surface area contributed by atoms with Gasteiger partial charge in [0.15, 0.2) is 6.10 Å². The van der Waals surface area contributed by atoms with Gasteiger partial charge in [-0.15, -0.1) is 0 Å². The van der Waals surface area contributed by atoms with Crippen LogP contribution >= 0.6 is 0 Å². The normalized spacial score (nSPS) is 13.2. The molecule has 0 radical (unpaired) electrons. The lowest BCUT2D eigenvalue weighted by molar-refractivity contribution is -0.166. The van der Waals surface area contributed by atoms with Gasteiger partial charge >= 0.3 is 17.9 Å². The Morgan fingerprint density at radius 2 is 0.631 bits per heavy atom. The molecule has 6 nitrogen and oxygen atoms in total. The summed E-state index contributed by atoms with van der Waals surface area (Å²) in [5.41, 5.74) is 0. The van der Waals surface area contributed by atoms with Crippen LogP contribution in [0.1, 0.15) is 201 Å². The van der Waals surface area contributed by atoms with E-state index >= 15 is 0 Å². The van der Waals surface area contributed by atoms with Crippen LogP contribution in [0.5, 0.6) is 0 Å². The van der Waals surface area contributed by atoms with Crippen LogP contribution in [0.4, 0.5) is 0 Å². The molecular formula is C59H92O6. The fourth-order valence-corrected chi connectivity index (χ4v) is 6.34. The summed E-state index contributed by atoms with van der Waals surface area (Å²) >= 11 is 0. The number of esters is 3. The average molecular weight is 897 g/mol. The Hall–Kier alpha value is -4.45. The molecular weight excluding hydrogens is 805 g/mol. The van der Waals surface area contributed by atoms with Gasteiger partial charge in [-0.25, -0.2) is 0 Å². The second kappa shape index (κ2) is 52.2. The molecule has 65 heavy (non-hydrogen) atoms. The molecule has 364 valence electrons. The zero-order chi connectivity index (χ0) is 47.2. The summed E-state index contributed by atoms with van der Waals surface area (Å²) in [6.45, 7) is 6.23. The maximum absolute atomic E-state index is 12.7. The largest absolute Gasteiger partial charge is 0.462 e. The van der Waals surface area contributed by atoms with Crippen LogP contribution in [0, 0.1) is 0 Å². The Balaban J connectivity index is 4.50. The van der Waals surface area contributed by atoms with Crippen molar-refractivity contribution in [1.82, 2.24) is 0 Å². The summed E-state index contributed by atoms with van der Waals surface area (Å²) in [6, 6.07) is 0. The van der Waals surface area contributed by atoms with Gasteiger partial charge in [0.25, 0.3) is 0 Å². The second-order valence-corrected chi connectivity index (χ2v) is 16.3. The molecule has 0 aromatic rings. The van der Waals surface area contributed by atoms with E-state index in [0.29, 0.717) is 19.3 Å². The molecule has 0 aromatic heterocycles. The molecule has 1 atom stereocenters. The van der Waals surface area contributed by atoms with Crippen molar-refractivity contribution >= 4 is 17.9 Å². The molecule has 0 spiro atoms. The molecule has 0 aliphatic carbocycles. The van der Waals surface area contributed by atoms with Crippen LogP contribution in [-0.4, -0.2) is 37.2 Å². The molecule has 0 saturated carbocycles. The molecule has 0 rings (SSSR count). The number of allylic oxidation sites excluding steroid dienone is 22. The molecule has 0 N–H and O–H groups in total. The maximum atomic E-state index is 12.7.